The first-order valence-electron chi connectivity index (χ1n) is 7.12. The molecule has 0 heterocycles. The van der Waals surface area contributed by atoms with E-state index in [1.54, 1.807) is 0 Å². The second-order valence-corrected chi connectivity index (χ2v) is 6.48. The van der Waals surface area contributed by atoms with Crippen molar-refractivity contribution in [2.24, 2.45) is 11.7 Å². The number of hydrogen-bond acceptors (Lipinski definition) is 2. The van der Waals surface area contributed by atoms with Crippen LogP contribution >= 0.6 is 11.6 Å². The molecule has 0 aliphatic rings. The molecule has 19 heavy (non-hydrogen) atoms. The van der Waals surface area contributed by atoms with E-state index < -0.39 is 0 Å². The normalized spacial score (nSPS) is 13.1. The van der Waals surface area contributed by atoms with Gasteiger partial charge in [-0.3, -0.25) is 0 Å². The van der Waals surface area contributed by atoms with E-state index in [1.165, 1.54) is 5.56 Å². The molecule has 1 unspecified atom stereocenters. The molecule has 0 aliphatic carbocycles. The number of nitrogens with zero attached hydrogens (tertiary/aromatic N) is 1. The molecule has 1 aromatic rings. The van der Waals surface area contributed by atoms with Gasteiger partial charge in [0, 0.05) is 18.6 Å². The highest BCUT2D eigenvalue weighted by atomic mass is 35.5. The molecule has 1 atom stereocenters. The van der Waals surface area contributed by atoms with Crippen molar-refractivity contribution in [2.75, 3.05) is 11.4 Å². The maximum absolute atomic E-state index is 6.45. The Bertz CT molecular complexity index is 400. The zero-order valence-electron chi connectivity index (χ0n) is 12.8. The molecule has 0 amide bonds. The lowest BCUT2D eigenvalue weighted by atomic mass is 10.0. The zero-order chi connectivity index (χ0) is 14.6. The average Bonchev–Trinajstić information content (AvgIpc) is 2.25. The van der Waals surface area contributed by atoms with Gasteiger partial charge in [-0.25, -0.2) is 0 Å². The molecule has 0 fully saturated rings. The minimum Gasteiger partial charge on any atom is -0.367 e. The van der Waals surface area contributed by atoms with Crippen LogP contribution in [0.1, 0.15) is 40.2 Å². The van der Waals surface area contributed by atoms with Gasteiger partial charge in [0.05, 0.1) is 10.7 Å². The number of anilines is 1. The van der Waals surface area contributed by atoms with Gasteiger partial charge in [0.15, 0.2) is 0 Å². The molecule has 0 spiro atoms. The largest absolute Gasteiger partial charge is 0.367 e. The Morgan fingerprint density at radius 2 is 1.79 bits per heavy atom. The van der Waals surface area contributed by atoms with Crippen LogP contribution in [-0.2, 0) is 6.42 Å². The van der Waals surface area contributed by atoms with Crippen molar-refractivity contribution in [1.29, 1.82) is 0 Å². The van der Waals surface area contributed by atoms with E-state index in [9.17, 15) is 0 Å². The molecule has 0 aliphatic heterocycles. The smallest absolute Gasteiger partial charge is 0.0642 e. The lowest BCUT2D eigenvalue weighted by Gasteiger charge is -2.33. The average molecular weight is 283 g/mol. The van der Waals surface area contributed by atoms with E-state index in [0.29, 0.717) is 12.0 Å². The van der Waals surface area contributed by atoms with Gasteiger partial charge in [-0.2, -0.15) is 0 Å². The fourth-order valence-electron chi connectivity index (χ4n) is 2.35. The number of rotatable bonds is 6. The van der Waals surface area contributed by atoms with Crippen molar-refractivity contribution in [1.82, 2.24) is 0 Å². The highest BCUT2D eigenvalue weighted by Crippen LogP contribution is 2.32. The van der Waals surface area contributed by atoms with E-state index in [1.807, 2.05) is 19.1 Å². The van der Waals surface area contributed by atoms with Gasteiger partial charge >= 0.3 is 0 Å². The molecule has 2 nitrogen and oxygen atoms in total. The summed E-state index contributed by atoms with van der Waals surface area (Å²) in [5.41, 5.74) is 8.36. The van der Waals surface area contributed by atoms with E-state index in [-0.39, 0.29) is 6.04 Å². The van der Waals surface area contributed by atoms with Crippen molar-refractivity contribution in [2.45, 2.75) is 53.1 Å². The molecule has 0 saturated heterocycles. The summed E-state index contributed by atoms with van der Waals surface area (Å²) in [6.07, 6.45) is 0.858. The topological polar surface area (TPSA) is 29.3 Å². The van der Waals surface area contributed by atoms with Gasteiger partial charge in [0.2, 0.25) is 0 Å². The lowest BCUT2D eigenvalue weighted by Crippen LogP contribution is -2.35. The van der Waals surface area contributed by atoms with Gasteiger partial charge in [-0.05, 0) is 44.7 Å². The SMILES string of the molecule is CC(C)CN(c1c(Cl)cccc1CC(C)N)C(C)C. The van der Waals surface area contributed by atoms with Gasteiger partial charge in [0.1, 0.15) is 0 Å². The summed E-state index contributed by atoms with van der Waals surface area (Å²) in [5, 5.41) is 0.826. The number of para-hydroxylation sites is 1. The van der Waals surface area contributed by atoms with Crippen LogP contribution in [0.4, 0.5) is 5.69 Å². The maximum Gasteiger partial charge on any atom is 0.0642 e. The minimum atomic E-state index is 0.144. The molecule has 108 valence electrons. The minimum absolute atomic E-state index is 0.144. The molecular weight excluding hydrogens is 256 g/mol. The van der Waals surface area contributed by atoms with Crippen LogP contribution in [0, 0.1) is 5.92 Å². The van der Waals surface area contributed by atoms with Gasteiger partial charge in [-0.15, -0.1) is 0 Å². The maximum atomic E-state index is 6.45. The summed E-state index contributed by atoms with van der Waals surface area (Å²) >= 11 is 6.45. The summed E-state index contributed by atoms with van der Waals surface area (Å²) in [6, 6.07) is 6.69. The fourth-order valence-corrected chi connectivity index (χ4v) is 2.65. The Kier molecular flexibility index (Phi) is 6.15. The molecule has 0 radical (unpaired) electrons. The molecule has 3 heteroatoms. The Morgan fingerprint density at radius 1 is 1.16 bits per heavy atom. The second-order valence-electron chi connectivity index (χ2n) is 6.07. The number of halogens is 1. The van der Waals surface area contributed by atoms with Crippen LogP contribution < -0.4 is 10.6 Å². The summed E-state index contributed by atoms with van der Waals surface area (Å²) in [7, 11) is 0. The third-order valence-corrected chi connectivity index (χ3v) is 3.39. The van der Waals surface area contributed by atoms with Gasteiger partial charge in [-0.1, -0.05) is 37.6 Å². The van der Waals surface area contributed by atoms with Crippen molar-refractivity contribution in [3.63, 3.8) is 0 Å². The monoisotopic (exact) mass is 282 g/mol. The van der Waals surface area contributed by atoms with Crippen molar-refractivity contribution < 1.29 is 0 Å². The standard InChI is InChI=1S/C16H27ClN2/c1-11(2)10-19(12(3)4)16-14(9-13(5)18)7-6-8-15(16)17/h6-8,11-13H,9-10,18H2,1-5H3. The van der Waals surface area contributed by atoms with Gasteiger partial charge < -0.3 is 10.6 Å². The molecular formula is C16H27ClN2. The first-order valence-corrected chi connectivity index (χ1v) is 7.50. The predicted octanol–water partition coefficient (Wildman–Crippen LogP) is 4.10. The van der Waals surface area contributed by atoms with Crippen molar-refractivity contribution in [3.05, 3.63) is 28.8 Å². The van der Waals surface area contributed by atoms with Gasteiger partial charge in [0.25, 0.3) is 0 Å². The van der Waals surface area contributed by atoms with Crippen LogP contribution in [0.3, 0.4) is 0 Å². The molecule has 0 aromatic heterocycles. The number of nitrogens with two attached hydrogens (primary N) is 1. The number of hydrogen-bond donors (Lipinski definition) is 1. The molecule has 0 bridgehead atoms. The van der Waals surface area contributed by atoms with Crippen LogP contribution in [0.15, 0.2) is 18.2 Å². The Morgan fingerprint density at radius 3 is 2.26 bits per heavy atom. The van der Waals surface area contributed by atoms with E-state index >= 15 is 0 Å². The molecule has 1 rings (SSSR count). The van der Waals surface area contributed by atoms with Crippen LogP contribution in [-0.4, -0.2) is 18.6 Å². The first kappa shape index (κ1) is 16.3. The summed E-state index contributed by atoms with van der Waals surface area (Å²) in [6.45, 7) is 11.9. The highest BCUT2D eigenvalue weighted by molar-refractivity contribution is 6.33. The third kappa shape index (κ3) is 4.70. The fraction of sp³-hybridized carbons (Fsp3) is 0.625. The molecule has 0 saturated carbocycles. The van der Waals surface area contributed by atoms with Crippen molar-refractivity contribution in [3.8, 4) is 0 Å². The third-order valence-electron chi connectivity index (χ3n) is 3.08. The van der Waals surface area contributed by atoms with Crippen LogP contribution in [0.25, 0.3) is 0 Å². The highest BCUT2D eigenvalue weighted by Gasteiger charge is 2.19. The number of benzene rings is 1. The summed E-state index contributed by atoms with van der Waals surface area (Å²) in [5.74, 6) is 0.599. The molecule has 2 N–H and O–H groups in total. The van der Waals surface area contributed by atoms with Crippen LogP contribution in [0.2, 0.25) is 5.02 Å². The lowest BCUT2D eigenvalue weighted by molar-refractivity contribution is 0.568. The Labute approximate surface area is 122 Å². The van der Waals surface area contributed by atoms with Crippen molar-refractivity contribution >= 4 is 17.3 Å². The van der Waals surface area contributed by atoms with E-state index in [0.717, 1.165) is 23.7 Å². The van der Waals surface area contributed by atoms with E-state index in [2.05, 4.69) is 38.7 Å². The first-order chi connectivity index (χ1) is 8.82. The van der Waals surface area contributed by atoms with Crippen LogP contribution in [0.5, 0.6) is 0 Å². The zero-order valence-corrected chi connectivity index (χ0v) is 13.5. The Balaban J connectivity index is 3.19. The summed E-state index contributed by atoms with van der Waals surface area (Å²) < 4.78 is 0. The predicted molar refractivity (Wildman–Crippen MR) is 86.1 cm³/mol. The second kappa shape index (κ2) is 7.16. The molecule has 1 aromatic carbocycles. The summed E-state index contributed by atoms with van der Waals surface area (Å²) in [4.78, 5) is 2.39. The van der Waals surface area contributed by atoms with E-state index in [4.69, 9.17) is 17.3 Å². The Hall–Kier alpha value is -0.730. The quantitative estimate of drug-likeness (QED) is 0.851.